The van der Waals surface area contributed by atoms with Crippen molar-refractivity contribution in [2.24, 2.45) is 0 Å². The number of benzene rings is 2. The molecule has 5 heteroatoms. The van der Waals surface area contributed by atoms with Crippen molar-refractivity contribution in [2.75, 3.05) is 0 Å². The highest BCUT2D eigenvalue weighted by Crippen LogP contribution is 2.21. The lowest BCUT2D eigenvalue weighted by atomic mass is 9.99. The fraction of sp³-hybridized carbons (Fsp3) is 0.462. The minimum absolute atomic E-state index is 0. The van der Waals surface area contributed by atoms with Crippen LogP contribution < -0.4 is 5.32 Å². The summed E-state index contributed by atoms with van der Waals surface area (Å²) in [6, 6.07) is 17.8. The van der Waals surface area contributed by atoms with Gasteiger partial charge in [0.2, 0.25) is 0 Å². The summed E-state index contributed by atoms with van der Waals surface area (Å²) in [6.07, 6.45) is 0.740. The summed E-state index contributed by atoms with van der Waals surface area (Å²) in [5, 5.41) is 2.84. The maximum Gasteiger partial charge on any atom is 0.407 e. The van der Waals surface area contributed by atoms with E-state index in [1.165, 1.54) is 0 Å². The molecule has 2 aromatic rings. The molecule has 0 fully saturated rings. The van der Waals surface area contributed by atoms with E-state index in [1.807, 2.05) is 84.0 Å². The Hall–Kier alpha value is -2.82. The van der Waals surface area contributed by atoms with Gasteiger partial charge in [-0.2, -0.15) is 0 Å². The fourth-order valence-corrected chi connectivity index (χ4v) is 3.02. The predicted molar refractivity (Wildman–Crippen MR) is 126 cm³/mol. The van der Waals surface area contributed by atoms with E-state index >= 15 is 0 Å². The molecule has 1 unspecified atom stereocenters. The molecular weight excluding hydrogens is 390 g/mol. The highest BCUT2D eigenvalue weighted by Gasteiger charge is 2.25. The zero-order valence-corrected chi connectivity index (χ0v) is 19.5. The first kappa shape index (κ1) is 24.4. The normalized spacial score (nSPS) is 12.7. The molecule has 0 aliphatic rings. The first-order valence-corrected chi connectivity index (χ1v) is 10.8. The summed E-state index contributed by atoms with van der Waals surface area (Å²) in [4.78, 5) is 24.8. The first-order chi connectivity index (χ1) is 14.5. The molecule has 0 spiro atoms. The molecule has 0 aromatic heterocycles. The maximum atomic E-state index is 12.5. The number of hydrogen-bond acceptors (Lipinski definition) is 4. The molecule has 0 radical (unpaired) electrons. The number of ether oxygens (including phenoxy) is 2. The molecule has 1 N–H and O–H groups in total. The maximum absolute atomic E-state index is 12.5. The Kier molecular flexibility index (Phi) is 8.26. The van der Waals surface area contributed by atoms with Crippen LogP contribution in [-0.2, 0) is 20.7 Å². The van der Waals surface area contributed by atoms with E-state index < -0.39 is 23.3 Å². The molecule has 5 nitrogen and oxygen atoms in total. The van der Waals surface area contributed by atoms with Gasteiger partial charge in [-0.05, 0) is 64.2 Å². The van der Waals surface area contributed by atoms with E-state index in [2.05, 4.69) is 17.4 Å². The van der Waals surface area contributed by atoms with Gasteiger partial charge in [-0.1, -0.05) is 61.5 Å². The number of amides is 1. The van der Waals surface area contributed by atoms with Crippen molar-refractivity contribution in [3.63, 3.8) is 0 Å². The zero-order valence-electron chi connectivity index (χ0n) is 19.5. The second-order valence-electron chi connectivity index (χ2n) is 9.40. The van der Waals surface area contributed by atoms with Crippen LogP contribution in [0.3, 0.4) is 0 Å². The smallest absolute Gasteiger partial charge is 0.407 e. The third kappa shape index (κ3) is 8.83. The second kappa shape index (κ2) is 10.5. The van der Waals surface area contributed by atoms with Crippen LogP contribution in [0.2, 0.25) is 0 Å². The van der Waals surface area contributed by atoms with Crippen molar-refractivity contribution in [3.05, 3.63) is 60.2 Å². The van der Waals surface area contributed by atoms with Crippen LogP contribution in [-0.4, -0.2) is 29.3 Å². The lowest BCUT2D eigenvalue weighted by Crippen LogP contribution is -2.42. The number of alkyl carbamates (subject to hydrolysis) is 1. The van der Waals surface area contributed by atoms with E-state index in [0.717, 1.165) is 16.7 Å². The Labute approximate surface area is 187 Å². The van der Waals surface area contributed by atoms with Gasteiger partial charge in [0.05, 0.1) is 6.42 Å². The van der Waals surface area contributed by atoms with E-state index in [9.17, 15) is 9.59 Å². The number of carbonyl (C=O) groups excluding carboxylic acids is 2. The SMILES string of the molecule is CCC(C)(C)OC(=O)CC(Cc1ccc(-c2ccccc2)cc1)NC(=O)OC(C)(C)C.[HH]. The summed E-state index contributed by atoms with van der Waals surface area (Å²) in [6.45, 7) is 11.1. The third-order valence-corrected chi connectivity index (χ3v) is 4.92. The predicted octanol–water partition coefficient (Wildman–Crippen LogP) is 6.16. The number of carbonyl (C=O) groups is 2. The number of hydrogen-bond donors (Lipinski definition) is 1. The standard InChI is InChI=1S/C26H35NO4.H2/c1-7-26(5,6)30-23(28)18-22(27-24(29)31-25(2,3)4)17-19-13-15-21(16-14-19)20-11-9-8-10-12-20;/h8-16,22H,7,17-18H2,1-6H3,(H,27,29);1H. The topological polar surface area (TPSA) is 64.6 Å². The van der Waals surface area contributed by atoms with E-state index in [0.29, 0.717) is 12.8 Å². The monoisotopic (exact) mass is 427 g/mol. The van der Waals surface area contributed by atoms with Crippen LogP contribution >= 0.6 is 0 Å². The van der Waals surface area contributed by atoms with Crippen molar-refractivity contribution in [2.45, 2.75) is 78.0 Å². The second-order valence-corrected chi connectivity index (χ2v) is 9.40. The van der Waals surface area contributed by atoms with Crippen molar-refractivity contribution in [3.8, 4) is 11.1 Å². The highest BCUT2D eigenvalue weighted by molar-refractivity contribution is 5.73. The minimum atomic E-state index is -0.614. The number of rotatable bonds is 8. The van der Waals surface area contributed by atoms with Crippen LogP contribution in [0.4, 0.5) is 4.79 Å². The van der Waals surface area contributed by atoms with Crippen LogP contribution in [0, 0.1) is 0 Å². The summed E-state index contributed by atoms with van der Waals surface area (Å²) in [5.74, 6) is -0.339. The lowest BCUT2D eigenvalue weighted by Gasteiger charge is -2.26. The molecule has 0 bridgehead atoms. The summed E-state index contributed by atoms with van der Waals surface area (Å²) in [5.41, 5.74) is 2.12. The minimum Gasteiger partial charge on any atom is -0.460 e. The van der Waals surface area contributed by atoms with Crippen LogP contribution in [0.25, 0.3) is 11.1 Å². The molecule has 2 aromatic carbocycles. The molecule has 1 amide bonds. The van der Waals surface area contributed by atoms with Gasteiger partial charge < -0.3 is 14.8 Å². The van der Waals surface area contributed by atoms with Gasteiger partial charge >= 0.3 is 12.1 Å². The third-order valence-electron chi connectivity index (χ3n) is 4.92. The van der Waals surface area contributed by atoms with Gasteiger partial charge in [-0.3, -0.25) is 4.79 Å². The molecule has 170 valence electrons. The fourth-order valence-electron chi connectivity index (χ4n) is 3.02. The average molecular weight is 428 g/mol. The Morgan fingerprint density at radius 1 is 0.903 bits per heavy atom. The van der Waals surface area contributed by atoms with Gasteiger partial charge in [-0.15, -0.1) is 0 Å². The van der Waals surface area contributed by atoms with Crippen molar-refractivity contribution in [1.82, 2.24) is 5.32 Å². The number of esters is 1. The molecule has 2 rings (SSSR count). The van der Waals surface area contributed by atoms with Crippen molar-refractivity contribution < 1.29 is 20.5 Å². The van der Waals surface area contributed by atoms with Crippen LogP contribution in [0.5, 0.6) is 0 Å². The molecule has 1 atom stereocenters. The van der Waals surface area contributed by atoms with E-state index in [1.54, 1.807) is 0 Å². The van der Waals surface area contributed by atoms with Gasteiger partial charge in [0.1, 0.15) is 11.2 Å². The molecule has 0 aliphatic carbocycles. The van der Waals surface area contributed by atoms with Gasteiger partial charge in [0.15, 0.2) is 0 Å². The van der Waals surface area contributed by atoms with Crippen LogP contribution in [0.1, 0.15) is 61.4 Å². The summed E-state index contributed by atoms with van der Waals surface area (Å²) >= 11 is 0. The average Bonchev–Trinajstić information content (AvgIpc) is 2.67. The summed E-state index contributed by atoms with van der Waals surface area (Å²) < 4.78 is 11.0. The summed E-state index contributed by atoms with van der Waals surface area (Å²) in [7, 11) is 0. The van der Waals surface area contributed by atoms with Crippen molar-refractivity contribution >= 4 is 12.1 Å². The molecule has 0 heterocycles. The van der Waals surface area contributed by atoms with E-state index in [4.69, 9.17) is 9.47 Å². The molecular formula is C26H37NO4. The lowest BCUT2D eigenvalue weighted by molar-refractivity contribution is -0.157. The Bertz CT molecular complexity index is 858. The van der Waals surface area contributed by atoms with Gasteiger partial charge in [-0.25, -0.2) is 4.79 Å². The molecule has 0 aliphatic heterocycles. The quantitative estimate of drug-likeness (QED) is 0.513. The van der Waals surface area contributed by atoms with E-state index in [-0.39, 0.29) is 13.8 Å². The van der Waals surface area contributed by atoms with Gasteiger partial charge in [0.25, 0.3) is 0 Å². The van der Waals surface area contributed by atoms with Crippen molar-refractivity contribution in [1.29, 1.82) is 0 Å². The zero-order chi connectivity index (χ0) is 23.1. The molecule has 0 saturated carbocycles. The Morgan fingerprint density at radius 3 is 2.03 bits per heavy atom. The molecule has 0 saturated heterocycles. The molecule has 31 heavy (non-hydrogen) atoms. The first-order valence-electron chi connectivity index (χ1n) is 10.8. The van der Waals surface area contributed by atoms with Crippen LogP contribution in [0.15, 0.2) is 54.6 Å². The largest absolute Gasteiger partial charge is 0.460 e. The van der Waals surface area contributed by atoms with Gasteiger partial charge in [0, 0.05) is 7.47 Å². The number of nitrogens with one attached hydrogen (secondary N) is 1. The Morgan fingerprint density at radius 2 is 1.48 bits per heavy atom. The Balaban J connectivity index is 0.00000512. The highest BCUT2D eigenvalue weighted by atomic mass is 16.6.